The van der Waals surface area contributed by atoms with Gasteiger partial charge in [0.1, 0.15) is 17.4 Å². The molecule has 0 aliphatic carbocycles. The van der Waals surface area contributed by atoms with Crippen molar-refractivity contribution in [3.05, 3.63) is 70.2 Å². The number of nitrogens with zero attached hydrogens (tertiary/aromatic N) is 10. The highest BCUT2D eigenvalue weighted by Crippen LogP contribution is 2.33. The number of hydrogen-bond donors (Lipinski definition) is 2. The molecule has 2 bridgehead atoms. The molecule has 10 rings (SSSR count). The van der Waals surface area contributed by atoms with Crippen LogP contribution in [0.4, 0.5) is 20.3 Å². The maximum absolute atomic E-state index is 14.3. The van der Waals surface area contributed by atoms with E-state index in [1.807, 2.05) is 31.3 Å². The van der Waals surface area contributed by atoms with Crippen LogP contribution in [0, 0.1) is 0 Å². The number of carbonyl (C=O) groups excluding carboxylic acids is 3. The van der Waals surface area contributed by atoms with Crippen LogP contribution in [0.25, 0.3) is 16.7 Å². The van der Waals surface area contributed by atoms with Gasteiger partial charge >= 0.3 is 5.69 Å². The molecule has 1 unspecified atom stereocenters. The van der Waals surface area contributed by atoms with Crippen molar-refractivity contribution in [1.29, 1.82) is 0 Å². The van der Waals surface area contributed by atoms with E-state index in [0.717, 1.165) is 43.4 Å². The summed E-state index contributed by atoms with van der Waals surface area (Å²) in [5, 5.41) is 13.4. The fourth-order valence-electron chi connectivity index (χ4n) is 9.71. The quantitative estimate of drug-likeness (QED) is 0.185. The maximum atomic E-state index is 14.3. The van der Waals surface area contributed by atoms with Crippen molar-refractivity contribution in [3.63, 3.8) is 0 Å². The van der Waals surface area contributed by atoms with Crippen LogP contribution in [-0.4, -0.2) is 139 Å². The second-order valence-electron chi connectivity index (χ2n) is 16.9. The van der Waals surface area contributed by atoms with E-state index in [2.05, 4.69) is 35.5 Å². The smallest absolute Gasteiger partial charge is 0.329 e. The van der Waals surface area contributed by atoms with Crippen molar-refractivity contribution in [2.24, 2.45) is 7.05 Å². The Morgan fingerprint density at radius 2 is 1.84 bits per heavy atom. The second kappa shape index (κ2) is 16.3. The van der Waals surface area contributed by atoms with Crippen LogP contribution in [0.2, 0.25) is 0 Å². The van der Waals surface area contributed by atoms with Gasteiger partial charge in [-0.2, -0.15) is 10.2 Å². The largest absolute Gasteiger partial charge is 0.374 e. The Morgan fingerprint density at radius 1 is 1.05 bits per heavy atom. The van der Waals surface area contributed by atoms with Crippen molar-refractivity contribution in [2.75, 3.05) is 63.3 Å². The minimum atomic E-state index is -2.94. The van der Waals surface area contributed by atoms with Crippen molar-refractivity contribution in [2.45, 2.75) is 81.6 Å². The number of aromatic nitrogens is 7. The summed E-state index contributed by atoms with van der Waals surface area (Å²) in [4.78, 5) is 62.8. The molecule has 9 heterocycles. The average Bonchev–Trinajstić information content (AvgIpc) is 4.12. The zero-order valence-corrected chi connectivity index (χ0v) is 34.4. The third-order valence-corrected chi connectivity index (χ3v) is 13.1. The Bertz CT molecular complexity index is 2590. The van der Waals surface area contributed by atoms with E-state index >= 15 is 0 Å². The average molecular weight is 859 g/mol. The summed E-state index contributed by atoms with van der Waals surface area (Å²) < 4.78 is 52.4. The molecule has 4 aromatic heterocycles. The number of ether oxygens (including phenoxy) is 3. The van der Waals surface area contributed by atoms with Crippen LogP contribution in [0.1, 0.15) is 72.2 Å². The number of para-hydroxylation sites is 1. The minimum absolute atomic E-state index is 0.117. The number of fused-ring (bicyclic) bond motifs is 4. The molecule has 328 valence electrons. The lowest BCUT2D eigenvalue weighted by Crippen LogP contribution is -2.47. The van der Waals surface area contributed by atoms with Crippen LogP contribution in [0.3, 0.4) is 0 Å². The molecule has 19 nitrogen and oxygen atoms in total. The highest BCUT2D eigenvalue weighted by molar-refractivity contribution is 6.08. The zero-order chi connectivity index (χ0) is 42.8. The lowest BCUT2D eigenvalue weighted by Gasteiger charge is -2.39. The van der Waals surface area contributed by atoms with Crippen LogP contribution >= 0.6 is 0 Å². The minimum Gasteiger partial charge on any atom is -0.374 e. The zero-order valence-electron chi connectivity index (χ0n) is 34.4. The fourth-order valence-corrected chi connectivity index (χ4v) is 9.71. The van der Waals surface area contributed by atoms with E-state index in [-0.39, 0.29) is 67.1 Å². The van der Waals surface area contributed by atoms with Gasteiger partial charge in [0.25, 0.3) is 12.3 Å². The Hall–Kier alpha value is -5.61. The number of hydrogen-bond acceptors (Lipinski definition) is 13. The Balaban J connectivity index is 0.729. The normalized spacial score (nSPS) is 24.9. The first-order valence-corrected chi connectivity index (χ1v) is 21.1. The Morgan fingerprint density at radius 3 is 2.56 bits per heavy atom. The first kappa shape index (κ1) is 40.5. The predicted octanol–water partition coefficient (Wildman–Crippen LogP) is 2.23. The Kier molecular flexibility index (Phi) is 10.6. The summed E-state index contributed by atoms with van der Waals surface area (Å²) in [5.41, 5.74) is 1.94. The van der Waals surface area contributed by atoms with Crippen LogP contribution in [0.15, 0.2) is 47.7 Å². The number of imide groups is 1. The van der Waals surface area contributed by atoms with Crippen LogP contribution in [-0.2, 0) is 37.4 Å². The van der Waals surface area contributed by atoms with Gasteiger partial charge in [0, 0.05) is 51.5 Å². The van der Waals surface area contributed by atoms with Gasteiger partial charge in [-0.25, -0.2) is 23.1 Å². The molecule has 1 aromatic carbocycles. The van der Waals surface area contributed by atoms with Gasteiger partial charge in [0.05, 0.1) is 60.9 Å². The molecule has 5 aliphatic rings. The van der Waals surface area contributed by atoms with Gasteiger partial charge in [0.2, 0.25) is 11.8 Å². The number of carbonyl (C=O) groups is 3. The highest BCUT2D eigenvalue weighted by Gasteiger charge is 2.40. The third kappa shape index (κ3) is 7.44. The number of imidazole rings is 1. The van der Waals surface area contributed by atoms with Gasteiger partial charge in [-0.3, -0.25) is 43.3 Å². The molecule has 5 aliphatic heterocycles. The topological polar surface area (TPSA) is 188 Å². The number of alkyl halides is 2. The number of aryl methyl sites for hydroxylation is 1. The maximum Gasteiger partial charge on any atom is 0.329 e. The van der Waals surface area contributed by atoms with E-state index < -0.39 is 42.3 Å². The van der Waals surface area contributed by atoms with Crippen molar-refractivity contribution >= 4 is 45.9 Å². The molecule has 0 saturated carbocycles. The molecular weight excluding hydrogens is 811 g/mol. The van der Waals surface area contributed by atoms with Gasteiger partial charge < -0.3 is 24.4 Å². The molecule has 0 spiro atoms. The monoisotopic (exact) mass is 858 g/mol. The summed E-state index contributed by atoms with van der Waals surface area (Å²) in [6.07, 6.45) is 4.37. The number of nitrogens with one attached hydrogen (secondary N) is 2. The van der Waals surface area contributed by atoms with Gasteiger partial charge in [-0.15, -0.1) is 0 Å². The molecule has 5 aromatic rings. The molecule has 3 atom stereocenters. The second-order valence-corrected chi connectivity index (χ2v) is 16.9. The van der Waals surface area contributed by atoms with E-state index in [4.69, 9.17) is 19.2 Å². The first-order valence-electron chi connectivity index (χ1n) is 21.1. The third-order valence-electron chi connectivity index (χ3n) is 13.1. The van der Waals surface area contributed by atoms with E-state index in [1.165, 1.54) is 26.2 Å². The standard InChI is InChI=1S/C41H48F2N12O7/c1-49(24-8-11-51(12-9-24)16-23-4-3-5-30-36(23)50(2)41(59)55(30)31-6-7-33(56)47-40(31)58)19-34-61-21-26(22-62-34)54-18-29(35(48-54)37(42)43)45-39(57)28-15-44-53-13-10-32(46-38(28)53)52-17-27-14-25(52)20-60-27/h3-5,10,13,15,18,24-27,31,34,37H,6-9,11-12,14,16-17,19-22H2,1-2H3,(H,45,57)(H,47,56,58)/t25-,26?,27-,31?,34?/m1/s1. The molecular formula is C41H48F2N12O7. The molecule has 3 amide bonds. The van der Waals surface area contributed by atoms with Gasteiger partial charge in [-0.1, -0.05) is 12.1 Å². The van der Waals surface area contributed by atoms with Crippen LogP contribution in [0.5, 0.6) is 0 Å². The number of morpholine rings is 1. The van der Waals surface area contributed by atoms with E-state index in [9.17, 15) is 28.0 Å². The SMILES string of the molecule is CN(CC1OCC(n2cc(NC(=O)c3cnn4ccc(N5C[C@H]6C[C@@H]5CO6)nc34)c(C(F)F)n2)CO1)C1CCN(Cc2cccc3c2n(C)c(=O)n3C2CCC(=O)NC2=O)CC1. The number of rotatable bonds is 11. The number of piperidine rings is 2. The molecule has 2 N–H and O–H groups in total. The predicted molar refractivity (Wildman–Crippen MR) is 218 cm³/mol. The summed E-state index contributed by atoms with van der Waals surface area (Å²) in [7, 11) is 3.75. The van der Waals surface area contributed by atoms with Gasteiger partial charge in [-0.05, 0) is 63.5 Å². The van der Waals surface area contributed by atoms with E-state index in [0.29, 0.717) is 43.2 Å². The molecule has 5 fully saturated rings. The number of likely N-dealkylation sites (N-methyl/N-ethyl adjacent to an activating group) is 1. The number of anilines is 2. The summed E-state index contributed by atoms with van der Waals surface area (Å²) in [6.45, 7) is 4.51. The van der Waals surface area contributed by atoms with Crippen molar-refractivity contribution in [3.8, 4) is 0 Å². The number of amides is 3. The van der Waals surface area contributed by atoms with Crippen molar-refractivity contribution < 1.29 is 37.4 Å². The molecule has 62 heavy (non-hydrogen) atoms. The Labute approximate surface area is 353 Å². The van der Waals surface area contributed by atoms with E-state index in [1.54, 1.807) is 17.8 Å². The van der Waals surface area contributed by atoms with Gasteiger partial charge in [0.15, 0.2) is 17.6 Å². The lowest BCUT2D eigenvalue weighted by molar-refractivity contribution is -0.206. The summed E-state index contributed by atoms with van der Waals surface area (Å²) >= 11 is 0. The highest BCUT2D eigenvalue weighted by atomic mass is 19.3. The number of benzene rings is 1. The molecule has 0 radical (unpaired) electrons. The number of halogens is 2. The van der Waals surface area contributed by atoms with Crippen LogP contribution < -0.4 is 21.2 Å². The van der Waals surface area contributed by atoms with Crippen molar-refractivity contribution in [1.82, 2.24) is 48.6 Å². The molecule has 21 heteroatoms. The fraction of sp³-hybridized carbons (Fsp3) is 0.537. The first-order chi connectivity index (χ1) is 30.0. The summed E-state index contributed by atoms with van der Waals surface area (Å²) in [5.74, 6) is -0.709. The number of likely N-dealkylation sites (tertiary alicyclic amines) is 1. The summed E-state index contributed by atoms with van der Waals surface area (Å²) in [6, 6.07) is 6.87. The lowest BCUT2D eigenvalue weighted by atomic mass is 10.0. The molecule has 5 saturated heterocycles.